The molecule has 0 unspecified atom stereocenters. The summed E-state index contributed by atoms with van der Waals surface area (Å²) in [5, 5.41) is 9.23. The van der Waals surface area contributed by atoms with Gasteiger partial charge in [0, 0.05) is 0 Å². The molecule has 0 spiro atoms. The van der Waals surface area contributed by atoms with E-state index in [1.54, 1.807) is 12.1 Å². The van der Waals surface area contributed by atoms with Gasteiger partial charge in [-0.2, -0.15) is 0 Å². The van der Waals surface area contributed by atoms with Gasteiger partial charge in [-0.25, -0.2) is 0 Å². The van der Waals surface area contributed by atoms with Crippen LogP contribution in [0.1, 0.15) is 71.1 Å². The highest BCUT2D eigenvalue weighted by Gasteiger charge is 2.20. The molecule has 0 amide bonds. The van der Waals surface area contributed by atoms with Crippen molar-refractivity contribution >= 4 is 0 Å². The van der Waals surface area contributed by atoms with Crippen LogP contribution in [0, 0.1) is 11.8 Å². The van der Waals surface area contributed by atoms with E-state index in [0.717, 1.165) is 30.6 Å². The molecule has 1 aliphatic rings. The van der Waals surface area contributed by atoms with Crippen LogP contribution in [0.3, 0.4) is 0 Å². The van der Waals surface area contributed by atoms with Crippen molar-refractivity contribution < 1.29 is 9.84 Å². The molecule has 2 nitrogen and oxygen atoms in total. The molecule has 1 N–H and O–H groups in total. The van der Waals surface area contributed by atoms with E-state index in [9.17, 15) is 5.11 Å². The van der Waals surface area contributed by atoms with Gasteiger partial charge < -0.3 is 9.84 Å². The predicted octanol–water partition coefficient (Wildman–Crippen LogP) is 5.94. The molecule has 2 rings (SSSR count). The Balaban J connectivity index is 1.52. The molecule has 124 valence electrons. The summed E-state index contributed by atoms with van der Waals surface area (Å²) in [6.07, 6.45) is 13.9. The summed E-state index contributed by atoms with van der Waals surface area (Å²) in [4.78, 5) is 0. The summed E-state index contributed by atoms with van der Waals surface area (Å²) >= 11 is 0. The van der Waals surface area contributed by atoms with Crippen LogP contribution in [0.2, 0.25) is 0 Å². The summed E-state index contributed by atoms with van der Waals surface area (Å²) in [6, 6.07) is 7.01. The van der Waals surface area contributed by atoms with Gasteiger partial charge in [0.25, 0.3) is 0 Å². The minimum Gasteiger partial charge on any atom is -0.508 e. The maximum absolute atomic E-state index is 9.23. The van der Waals surface area contributed by atoms with Crippen molar-refractivity contribution in [3.8, 4) is 11.5 Å². The minimum atomic E-state index is 0.294. The van der Waals surface area contributed by atoms with Crippen LogP contribution in [-0.2, 0) is 0 Å². The first-order valence-corrected chi connectivity index (χ1v) is 9.19. The lowest BCUT2D eigenvalue weighted by Crippen LogP contribution is -2.15. The van der Waals surface area contributed by atoms with E-state index in [1.807, 2.05) is 12.1 Å². The first kappa shape index (κ1) is 17.2. The van der Waals surface area contributed by atoms with Crippen LogP contribution in [0.5, 0.6) is 11.5 Å². The number of ether oxygens (including phenoxy) is 1. The number of phenols is 1. The first-order chi connectivity index (χ1) is 10.8. The van der Waals surface area contributed by atoms with Crippen LogP contribution in [0.4, 0.5) is 0 Å². The third kappa shape index (κ3) is 6.29. The summed E-state index contributed by atoms with van der Waals surface area (Å²) < 4.78 is 5.73. The zero-order chi connectivity index (χ0) is 15.6. The molecule has 0 atom stereocenters. The molecule has 0 radical (unpaired) electrons. The lowest BCUT2D eigenvalue weighted by Gasteiger charge is -2.28. The second-order valence-electron chi connectivity index (χ2n) is 6.87. The van der Waals surface area contributed by atoms with Crippen molar-refractivity contribution in [2.45, 2.75) is 71.1 Å². The van der Waals surface area contributed by atoms with Crippen molar-refractivity contribution in [2.75, 3.05) is 6.61 Å². The molecule has 0 aliphatic heterocycles. The van der Waals surface area contributed by atoms with Crippen LogP contribution < -0.4 is 4.74 Å². The molecule has 1 fully saturated rings. The van der Waals surface area contributed by atoms with Gasteiger partial charge in [-0.15, -0.1) is 0 Å². The second kappa shape index (κ2) is 9.76. The summed E-state index contributed by atoms with van der Waals surface area (Å²) in [5.41, 5.74) is 0. The Morgan fingerprint density at radius 3 is 2.09 bits per heavy atom. The van der Waals surface area contributed by atoms with E-state index >= 15 is 0 Å². The van der Waals surface area contributed by atoms with E-state index < -0.39 is 0 Å². The third-order valence-electron chi connectivity index (χ3n) is 5.04. The number of unbranched alkanes of at least 4 members (excludes halogenated alkanes) is 2. The summed E-state index contributed by atoms with van der Waals surface area (Å²) in [5.74, 6) is 3.09. The normalized spacial score (nSPS) is 21.7. The van der Waals surface area contributed by atoms with Gasteiger partial charge in [0.05, 0.1) is 6.61 Å². The standard InChI is InChI=1S/C20H32O2/c1-2-3-4-6-17-8-10-18(11-9-17)7-5-16-22-20-14-12-19(21)13-15-20/h12-15,17-18,21H,2-11,16H2,1H3/t17-,18-. The fourth-order valence-electron chi connectivity index (χ4n) is 3.60. The fourth-order valence-corrected chi connectivity index (χ4v) is 3.60. The number of aromatic hydroxyl groups is 1. The Morgan fingerprint density at radius 1 is 0.909 bits per heavy atom. The van der Waals surface area contributed by atoms with Gasteiger partial charge in [-0.3, -0.25) is 0 Å². The molecule has 1 aliphatic carbocycles. The number of phenolic OH excluding ortho intramolecular Hbond substituents is 1. The van der Waals surface area contributed by atoms with Crippen molar-refractivity contribution in [1.29, 1.82) is 0 Å². The van der Waals surface area contributed by atoms with Crippen molar-refractivity contribution in [2.24, 2.45) is 11.8 Å². The highest BCUT2D eigenvalue weighted by Crippen LogP contribution is 2.34. The molecule has 22 heavy (non-hydrogen) atoms. The van der Waals surface area contributed by atoms with Gasteiger partial charge in [-0.1, -0.05) is 58.3 Å². The van der Waals surface area contributed by atoms with Gasteiger partial charge in [-0.05, 0) is 48.9 Å². The van der Waals surface area contributed by atoms with Crippen LogP contribution in [0.25, 0.3) is 0 Å². The maximum Gasteiger partial charge on any atom is 0.119 e. The Hall–Kier alpha value is -1.18. The molecule has 2 heteroatoms. The van der Waals surface area contributed by atoms with E-state index in [4.69, 9.17) is 4.74 Å². The summed E-state index contributed by atoms with van der Waals surface area (Å²) in [6.45, 7) is 3.08. The average Bonchev–Trinajstić information content (AvgIpc) is 2.55. The molecular formula is C20H32O2. The molecule has 0 heterocycles. The van der Waals surface area contributed by atoms with Crippen molar-refractivity contribution in [3.05, 3.63) is 24.3 Å². The third-order valence-corrected chi connectivity index (χ3v) is 5.04. The van der Waals surface area contributed by atoms with Crippen LogP contribution in [0.15, 0.2) is 24.3 Å². The number of hydrogen-bond acceptors (Lipinski definition) is 2. The quantitative estimate of drug-likeness (QED) is 0.572. The molecule has 0 bridgehead atoms. The monoisotopic (exact) mass is 304 g/mol. The minimum absolute atomic E-state index is 0.294. The molecule has 0 aromatic heterocycles. The van der Waals surface area contributed by atoms with Crippen LogP contribution >= 0.6 is 0 Å². The number of hydrogen-bond donors (Lipinski definition) is 1. The Bertz CT molecular complexity index is 391. The topological polar surface area (TPSA) is 29.5 Å². The number of rotatable bonds is 9. The van der Waals surface area contributed by atoms with Gasteiger partial charge in [0.15, 0.2) is 0 Å². The number of benzene rings is 1. The highest BCUT2D eigenvalue weighted by molar-refractivity contribution is 5.29. The second-order valence-corrected chi connectivity index (χ2v) is 6.87. The fraction of sp³-hybridized carbons (Fsp3) is 0.700. The molecular weight excluding hydrogens is 272 g/mol. The smallest absolute Gasteiger partial charge is 0.119 e. The van der Waals surface area contributed by atoms with Crippen molar-refractivity contribution in [1.82, 2.24) is 0 Å². The van der Waals surface area contributed by atoms with E-state index in [0.29, 0.717) is 5.75 Å². The van der Waals surface area contributed by atoms with E-state index in [1.165, 1.54) is 57.8 Å². The zero-order valence-corrected chi connectivity index (χ0v) is 14.1. The zero-order valence-electron chi connectivity index (χ0n) is 14.1. The molecule has 1 aromatic carbocycles. The first-order valence-electron chi connectivity index (χ1n) is 9.19. The Morgan fingerprint density at radius 2 is 1.50 bits per heavy atom. The van der Waals surface area contributed by atoms with Gasteiger partial charge in [0.1, 0.15) is 11.5 Å². The molecule has 0 saturated heterocycles. The summed E-state index contributed by atoms with van der Waals surface area (Å²) in [7, 11) is 0. The van der Waals surface area contributed by atoms with Gasteiger partial charge >= 0.3 is 0 Å². The van der Waals surface area contributed by atoms with Crippen molar-refractivity contribution in [3.63, 3.8) is 0 Å². The van der Waals surface area contributed by atoms with E-state index in [2.05, 4.69) is 6.92 Å². The SMILES string of the molecule is CCCCC[C@H]1CC[C@H](CCCOc2ccc(O)cc2)CC1. The van der Waals surface area contributed by atoms with Gasteiger partial charge in [0.2, 0.25) is 0 Å². The predicted molar refractivity (Wildman–Crippen MR) is 92.4 cm³/mol. The Labute approximate surface area is 135 Å². The molecule has 1 saturated carbocycles. The lowest BCUT2D eigenvalue weighted by atomic mass is 9.78. The maximum atomic E-state index is 9.23. The highest BCUT2D eigenvalue weighted by atomic mass is 16.5. The van der Waals surface area contributed by atoms with E-state index in [-0.39, 0.29) is 0 Å². The molecule has 1 aromatic rings. The largest absolute Gasteiger partial charge is 0.508 e. The Kier molecular flexibility index (Phi) is 7.62. The lowest BCUT2D eigenvalue weighted by molar-refractivity contribution is 0.228. The van der Waals surface area contributed by atoms with Crippen LogP contribution in [-0.4, -0.2) is 11.7 Å². The average molecular weight is 304 g/mol.